The molecular formula is C13H19N3O. The van der Waals surface area contributed by atoms with Crippen molar-refractivity contribution in [2.45, 2.75) is 33.1 Å². The molecule has 4 heteroatoms. The first-order valence-corrected chi connectivity index (χ1v) is 6.12. The second kappa shape index (κ2) is 5.27. The average molecular weight is 233 g/mol. The Balaban J connectivity index is 2.04. The lowest BCUT2D eigenvalue weighted by Crippen LogP contribution is -2.06. The second-order valence-electron chi connectivity index (χ2n) is 4.60. The number of nitrogens with zero attached hydrogens (tertiary/aromatic N) is 2. The van der Waals surface area contributed by atoms with Crippen LogP contribution in [0.15, 0.2) is 16.5 Å². The highest BCUT2D eigenvalue weighted by molar-refractivity contribution is 5.67. The van der Waals surface area contributed by atoms with Gasteiger partial charge in [-0.2, -0.15) is 4.98 Å². The van der Waals surface area contributed by atoms with Gasteiger partial charge in [0.15, 0.2) is 17.1 Å². The van der Waals surface area contributed by atoms with Crippen LogP contribution in [0.25, 0.3) is 11.2 Å². The van der Waals surface area contributed by atoms with Crippen LogP contribution in [0.2, 0.25) is 0 Å². The zero-order chi connectivity index (χ0) is 12.3. The zero-order valence-electron chi connectivity index (χ0n) is 10.4. The first-order valence-electron chi connectivity index (χ1n) is 6.12. The Morgan fingerprint density at radius 3 is 2.88 bits per heavy atom. The van der Waals surface area contributed by atoms with E-state index in [4.69, 9.17) is 10.2 Å². The SMILES string of the molecule is Cc1ccc2oc(CCC(C)CCN)nc2n1. The van der Waals surface area contributed by atoms with Gasteiger partial charge in [0, 0.05) is 12.1 Å². The lowest BCUT2D eigenvalue weighted by molar-refractivity contribution is 0.451. The fourth-order valence-electron chi connectivity index (χ4n) is 1.86. The summed E-state index contributed by atoms with van der Waals surface area (Å²) in [7, 11) is 0. The maximum atomic E-state index is 5.65. The van der Waals surface area contributed by atoms with Crippen molar-refractivity contribution in [1.82, 2.24) is 9.97 Å². The van der Waals surface area contributed by atoms with Gasteiger partial charge >= 0.3 is 0 Å². The Bertz CT molecular complexity index is 492. The van der Waals surface area contributed by atoms with Crippen molar-refractivity contribution >= 4 is 11.2 Å². The molecule has 4 nitrogen and oxygen atoms in total. The molecule has 1 atom stereocenters. The zero-order valence-corrected chi connectivity index (χ0v) is 10.4. The molecule has 0 saturated carbocycles. The Kier molecular flexibility index (Phi) is 3.74. The van der Waals surface area contributed by atoms with Gasteiger partial charge in [0.2, 0.25) is 0 Å². The molecule has 2 rings (SSSR count). The molecule has 1 unspecified atom stereocenters. The van der Waals surface area contributed by atoms with Crippen LogP contribution in [0.5, 0.6) is 0 Å². The third-order valence-electron chi connectivity index (χ3n) is 2.95. The Labute approximate surface area is 101 Å². The number of oxazole rings is 1. The maximum Gasteiger partial charge on any atom is 0.199 e. The van der Waals surface area contributed by atoms with Gasteiger partial charge in [-0.05, 0) is 44.4 Å². The van der Waals surface area contributed by atoms with Crippen LogP contribution in [-0.4, -0.2) is 16.5 Å². The van der Waals surface area contributed by atoms with Gasteiger partial charge in [-0.1, -0.05) is 6.92 Å². The van der Waals surface area contributed by atoms with E-state index in [1.54, 1.807) is 0 Å². The summed E-state index contributed by atoms with van der Waals surface area (Å²) < 4.78 is 5.65. The Morgan fingerprint density at radius 2 is 2.12 bits per heavy atom. The minimum atomic E-state index is 0.615. The summed E-state index contributed by atoms with van der Waals surface area (Å²) in [5.41, 5.74) is 7.98. The normalized spacial score (nSPS) is 13.1. The van der Waals surface area contributed by atoms with Crippen LogP contribution >= 0.6 is 0 Å². The van der Waals surface area contributed by atoms with Crippen molar-refractivity contribution in [2.75, 3.05) is 6.54 Å². The fraction of sp³-hybridized carbons (Fsp3) is 0.538. The number of pyridine rings is 1. The molecule has 0 aliphatic heterocycles. The monoisotopic (exact) mass is 233 g/mol. The molecule has 0 saturated heterocycles. The van der Waals surface area contributed by atoms with E-state index in [1.165, 1.54) is 0 Å². The molecule has 17 heavy (non-hydrogen) atoms. The average Bonchev–Trinajstić information content (AvgIpc) is 2.68. The third-order valence-corrected chi connectivity index (χ3v) is 2.95. The van der Waals surface area contributed by atoms with E-state index in [9.17, 15) is 0 Å². The van der Waals surface area contributed by atoms with Crippen LogP contribution in [0.3, 0.4) is 0 Å². The van der Waals surface area contributed by atoms with Crippen molar-refractivity contribution in [3.63, 3.8) is 0 Å². The molecule has 0 aliphatic carbocycles. The molecule has 2 aromatic heterocycles. The Hall–Kier alpha value is -1.42. The smallest absolute Gasteiger partial charge is 0.199 e. The summed E-state index contributed by atoms with van der Waals surface area (Å²) in [4.78, 5) is 8.73. The summed E-state index contributed by atoms with van der Waals surface area (Å²) in [6.07, 6.45) is 2.97. The standard InChI is InChI=1S/C13H19N3O/c1-9(7-8-14)3-6-12-16-13-11(17-12)5-4-10(2)15-13/h4-5,9H,3,6-8,14H2,1-2H3. The van der Waals surface area contributed by atoms with Crippen molar-refractivity contribution in [1.29, 1.82) is 0 Å². The predicted octanol–water partition coefficient (Wildman–Crippen LogP) is 2.45. The minimum Gasteiger partial charge on any atom is -0.439 e. The molecule has 2 aromatic rings. The summed E-state index contributed by atoms with van der Waals surface area (Å²) >= 11 is 0. The van der Waals surface area contributed by atoms with Crippen LogP contribution in [0, 0.1) is 12.8 Å². The number of hydrogen-bond donors (Lipinski definition) is 1. The molecule has 0 bridgehead atoms. The molecule has 0 spiro atoms. The van der Waals surface area contributed by atoms with Gasteiger partial charge in [0.25, 0.3) is 0 Å². The summed E-state index contributed by atoms with van der Waals surface area (Å²) in [6, 6.07) is 3.87. The van der Waals surface area contributed by atoms with E-state index >= 15 is 0 Å². The first-order chi connectivity index (χ1) is 8.19. The molecule has 0 fully saturated rings. The topological polar surface area (TPSA) is 64.9 Å². The molecule has 2 heterocycles. The van der Waals surface area contributed by atoms with Gasteiger partial charge in [-0.25, -0.2) is 4.98 Å². The number of rotatable bonds is 5. The molecule has 2 N–H and O–H groups in total. The van der Waals surface area contributed by atoms with Crippen molar-refractivity contribution in [2.24, 2.45) is 11.7 Å². The maximum absolute atomic E-state index is 5.65. The second-order valence-corrected chi connectivity index (χ2v) is 4.60. The minimum absolute atomic E-state index is 0.615. The highest BCUT2D eigenvalue weighted by atomic mass is 16.3. The fourth-order valence-corrected chi connectivity index (χ4v) is 1.86. The van der Waals surface area contributed by atoms with E-state index in [2.05, 4.69) is 16.9 Å². The number of aromatic nitrogens is 2. The lowest BCUT2D eigenvalue weighted by atomic mass is 10.0. The number of hydrogen-bond acceptors (Lipinski definition) is 4. The first kappa shape index (κ1) is 12.0. The number of aryl methyl sites for hydroxylation is 2. The van der Waals surface area contributed by atoms with Crippen molar-refractivity contribution in [3.05, 3.63) is 23.7 Å². The largest absolute Gasteiger partial charge is 0.439 e. The molecule has 0 aromatic carbocycles. The lowest BCUT2D eigenvalue weighted by Gasteiger charge is -2.06. The van der Waals surface area contributed by atoms with Gasteiger partial charge in [-0.15, -0.1) is 0 Å². The summed E-state index contributed by atoms with van der Waals surface area (Å²) in [5.74, 6) is 1.40. The number of fused-ring (bicyclic) bond motifs is 1. The number of nitrogens with two attached hydrogens (primary N) is 1. The highest BCUT2D eigenvalue weighted by Gasteiger charge is 2.08. The van der Waals surface area contributed by atoms with Gasteiger partial charge in [0.05, 0.1) is 0 Å². The van der Waals surface area contributed by atoms with Gasteiger partial charge in [-0.3, -0.25) is 0 Å². The van der Waals surface area contributed by atoms with Crippen LogP contribution in [0.1, 0.15) is 31.4 Å². The predicted molar refractivity (Wildman–Crippen MR) is 67.7 cm³/mol. The third kappa shape index (κ3) is 3.03. The molecule has 0 amide bonds. The van der Waals surface area contributed by atoms with E-state index in [-0.39, 0.29) is 0 Å². The van der Waals surface area contributed by atoms with Crippen molar-refractivity contribution in [3.8, 4) is 0 Å². The highest BCUT2D eigenvalue weighted by Crippen LogP contribution is 2.17. The summed E-state index contributed by atoms with van der Waals surface area (Å²) in [5, 5.41) is 0. The molecular weight excluding hydrogens is 214 g/mol. The van der Waals surface area contributed by atoms with Crippen molar-refractivity contribution < 1.29 is 4.42 Å². The van der Waals surface area contributed by atoms with Crippen LogP contribution in [-0.2, 0) is 6.42 Å². The van der Waals surface area contributed by atoms with E-state index in [0.717, 1.165) is 43.0 Å². The van der Waals surface area contributed by atoms with Crippen LogP contribution in [0.4, 0.5) is 0 Å². The summed E-state index contributed by atoms with van der Waals surface area (Å²) in [6.45, 7) is 4.91. The van der Waals surface area contributed by atoms with Gasteiger partial charge < -0.3 is 10.2 Å². The molecule has 0 aliphatic rings. The van der Waals surface area contributed by atoms with Crippen LogP contribution < -0.4 is 5.73 Å². The van der Waals surface area contributed by atoms with Gasteiger partial charge in [0.1, 0.15) is 0 Å². The molecule has 0 radical (unpaired) electrons. The van der Waals surface area contributed by atoms with E-state index < -0.39 is 0 Å². The van der Waals surface area contributed by atoms with E-state index in [0.29, 0.717) is 11.6 Å². The molecule has 92 valence electrons. The quantitative estimate of drug-likeness (QED) is 0.861. The Morgan fingerprint density at radius 1 is 1.29 bits per heavy atom. The van der Waals surface area contributed by atoms with E-state index in [1.807, 2.05) is 19.1 Å².